The molecular formula is C23H28F2N4O2. The molecule has 2 aromatic rings. The SMILES string of the molecule is CCNC(=NCc1ccc(CN2CCCC2=O)cc1)NCc1ccccc1OC(F)F. The predicted molar refractivity (Wildman–Crippen MR) is 116 cm³/mol. The number of aliphatic imine (C=N–C) groups is 1. The van der Waals surface area contributed by atoms with Gasteiger partial charge in [0.25, 0.3) is 0 Å². The number of benzene rings is 2. The zero-order valence-corrected chi connectivity index (χ0v) is 17.6. The molecule has 3 rings (SSSR count). The summed E-state index contributed by atoms with van der Waals surface area (Å²) in [6, 6.07) is 14.7. The van der Waals surface area contributed by atoms with Gasteiger partial charge in [0.2, 0.25) is 5.91 Å². The number of hydrogen-bond acceptors (Lipinski definition) is 3. The van der Waals surface area contributed by atoms with Gasteiger partial charge in [-0.3, -0.25) is 4.79 Å². The normalized spacial score (nSPS) is 14.3. The minimum absolute atomic E-state index is 0.146. The Morgan fingerprint density at radius 3 is 2.55 bits per heavy atom. The Morgan fingerprint density at radius 1 is 1.13 bits per heavy atom. The summed E-state index contributed by atoms with van der Waals surface area (Å²) in [6.45, 7) is 2.00. The molecule has 6 nitrogen and oxygen atoms in total. The number of rotatable bonds is 9. The van der Waals surface area contributed by atoms with Gasteiger partial charge in [-0.15, -0.1) is 0 Å². The second-order valence-electron chi connectivity index (χ2n) is 7.27. The first-order chi connectivity index (χ1) is 15.0. The first-order valence-electron chi connectivity index (χ1n) is 10.5. The monoisotopic (exact) mass is 430 g/mol. The van der Waals surface area contributed by atoms with Gasteiger partial charge in [0.05, 0.1) is 6.54 Å². The fraction of sp³-hybridized carbons (Fsp3) is 0.391. The molecule has 2 N–H and O–H groups in total. The summed E-state index contributed by atoms with van der Waals surface area (Å²) in [7, 11) is 0. The summed E-state index contributed by atoms with van der Waals surface area (Å²) >= 11 is 0. The maximum absolute atomic E-state index is 12.6. The van der Waals surface area contributed by atoms with Crippen LogP contribution in [0.5, 0.6) is 5.75 Å². The number of alkyl halides is 2. The molecule has 0 aromatic heterocycles. The lowest BCUT2D eigenvalue weighted by Gasteiger charge is -2.16. The molecule has 1 amide bonds. The maximum atomic E-state index is 12.6. The molecule has 1 fully saturated rings. The molecular weight excluding hydrogens is 402 g/mol. The third-order valence-electron chi connectivity index (χ3n) is 4.97. The summed E-state index contributed by atoms with van der Waals surface area (Å²) in [4.78, 5) is 18.2. The van der Waals surface area contributed by atoms with Crippen LogP contribution in [0.4, 0.5) is 8.78 Å². The summed E-state index contributed by atoms with van der Waals surface area (Å²) in [5, 5.41) is 6.31. The fourth-order valence-corrected chi connectivity index (χ4v) is 3.39. The molecule has 1 heterocycles. The Labute approximate surface area is 181 Å². The lowest BCUT2D eigenvalue weighted by Crippen LogP contribution is -2.36. The predicted octanol–water partition coefficient (Wildman–Crippen LogP) is 3.67. The van der Waals surface area contributed by atoms with Crippen molar-refractivity contribution in [1.82, 2.24) is 15.5 Å². The van der Waals surface area contributed by atoms with Gasteiger partial charge in [-0.05, 0) is 30.5 Å². The van der Waals surface area contributed by atoms with Gasteiger partial charge in [-0.25, -0.2) is 4.99 Å². The average molecular weight is 430 g/mol. The quantitative estimate of drug-likeness (QED) is 0.471. The molecule has 0 saturated carbocycles. The van der Waals surface area contributed by atoms with Crippen LogP contribution in [0.2, 0.25) is 0 Å². The first kappa shape index (κ1) is 22.5. The molecule has 1 saturated heterocycles. The van der Waals surface area contributed by atoms with Crippen LogP contribution >= 0.6 is 0 Å². The van der Waals surface area contributed by atoms with Crippen LogP contribution in [-0.4, -0.2) is 36.5 Å². The van der Waals surface area contributed by atoms with Crippen molar-refractivity contribution >= 4 is 11.9 Å². The first-order valence-corrected chi connectivity index (χ1v) is 10.5. The zero-order chi connectivity index (χ0) is 22.1. The van der Waals surface area contributed by atoms with Crippen molar-refractivity contribution in [3.8, 4) is 5.75 Å². The van der Waals surface area contributed by atoms with Crippen molar-refractivity contribution < 1.29 is 18.3 Å². The van der Waals surface area contributed by atoms with E-state index in [2.05, 4.69) is 20.4 Å². The number of amides is 1. The van der Waals surface area contributed by atoms with Gasteiger partial charge >= 0.3 is 6.61 Å². The molecule has 166 valence electrons. The Hall–Kier alpha value is -3.16. The summed E-state index contributed by atoms with van der Waals surface area (Å²) in [6.07, 6.45) is 1.58. The Morgan fingerprint density at radius 2 is 1.87 bits per heavy atom. The van der Waals surface area contributed by atoms with Crippen molar-refractivity contribution in [3.05, 3.63) is 65.2 Å². The van der Waals surface area contributed by atoms with E-state index < -0.39 is 6.61 Å². The highest BCUT2D eigenvalue weighted by atomic mass is 19.3. The number of para-hydroxylation sites is 1. The van der Waals surface area contributed by atoms with Crippen molar-refractivity contribution in [1.29, 1.82) is 0 Å². The number of carbonyl (C=O) groups is 1. The van der Waals surface area contributed by atoms with Crippen LogP contribution < -0.4 is 15.4 Å². The van der Waals surface area contributed by atoms with E-state index in [4.69, 9.17) is 0 Å². The standard InChI is InChI=1S/C23H28F2N4O2/c1-2-26-23(28-15-19-6-3-4-7-20(19)31-22(24)25)27-14-17-9-11-18(12-10-17)16-29-13-5-8-21(29)30/h3-4,6-7,9-12,22H,2,5,8,13-16H2,1H3,(H2,26,27,28). The topological polar surface area (TPSA) is 66.0 Å². The minimum atomic E-state index is -2.87. The average Bonchev–Trinajstić information content (AvgIpc) is 3.16. The van der Waals surface area contributed by atoms with E-state index >= 15 is 0 Å². The van der Waals surface area contributed by atoms with Gasteiger partial charge in [0, 0.05) is 38.2 Å². The molecule has 0 bridgehead atoms. The second kappa shape index (κ2) is 11.3. The maximum Gasteiger partial charge on any atom is 0.387 e. The second-order valence-corrected chi connectivity index (χ2v) is 7.27. The van der Waals surface area contributed by atoms with Crippen LogP contribution in [0, 0.1) is 0 Å². The number of hydrogen-bond donors (Lipinski definition) is 2. The largest absolute Gasteiger partial charge is 0.434 e. The van der Waals surface area contributed by atoms with Crippen LogP contribution in [-0.2, 0) is 24.4 Å². The third-order valence-corrected chi connectivity index (χ3v) is 4.97. The van der Waals surface area contributed by atoms with Crippen LogP contribution in [0.1, 0.15) is 36.5 Å². The molecule has 1 aliphatic rings. The van der Waals surface area contributed by atoms with Gasteiger partial charge in [-0.1, -0.05) is 42.5 Å². The smallest absolute Gasteiger partial charge is 0.387 e. The van der Waals surface area contributed by atoms with E-state index in [0.29, 0.717) is 44.1 Å². The zero-order valence-electron chi connectivity index (χ0n) is 17.6. The molecule has 0 spiro atoms. The highest BCUT2D eigenvalue weighted by molar-refractivity contribution is 5.79. The number of halogens is 2. The molecule has 0 unspecified atom stereocenters. The summed E-state index contributed by atoms with van der Waals surface area (Å²) < 4.78 is 29.8. The molecule has 0 radical (unpaired) electrons. The molecule has 31 heavy (non-hydrogen) atoms. The molecule has 1 aliphatic heterocycles. The highest BCUT2D eigenvalue weighted by Crippen LogP contribution is 2.20. The van der Waals surface area contributed by atoms with Gasteiger partial charge in [0.1, 0.15) is 5.75 Å². The fourth-order valence-electron chi connectivity index (χ4n) is 3.39. The summed E-state index contributed by atoms with van der Waals surface area (Å²) in [5.41, 5.74) is 2.76. The highest BCUT2D eigenvalue weighted by Gasteiger charge is 2.19. The van der Waals surface area contributed by atoms with E-state index in [1.807, 2.05) is 36.1 Å². The van der Waals surface area contributed by atoms with Crippen molar-refractivity contribution in [2.75, 3.05) is 13.1 Å². The van der Waals surface area contributed by atoms with E-state index in [0.717, 1.165) is 24.1 Å². The van der Waals surface area contributed by atoms with Crippen LogP contribution in [0.3, 0.4) is 0 Å². The molecule has 0 atom stereocenters. The molecule has 2 aromatic carbocycles. The van der Waals surface area contributed by atoms with Crippen LogP contribution in [0.15, 0.2) is 53.5 Å². The van der Waals surface area contributed by atoms with E-state index in [9.17, 15) is 13.6 Å². The van der Waals surface area contributed by atoms with Gasteiger partial charge in [-0.2, -0.15) is 8.78 Å². The Bertz CT molecular complexity index is 887. The van der Waals surface area contributed by atoms with Gasteiger partial charge in [0.15, 0.2) is 5.96 Å². The van der Waals surface area contributed by atoms with Gasteiger partial charge < -0.3 is 20.3 Å². The molecule has 0 aliphatic carbocycles. The van der Waals surface area contributed by atoms with E-state index in [-0.39, 0.29) is 11.7 Å². The van der Waals surface area contributed by atoms with Crippen molar-refractivity contribution in [2.45, 2.75) is 46.0 Å². The number of nitrogens with zero attached hydrogens (tertiary/aromatic N) is 2. The Kier molecular flexibility index (Phi) is 8.20. The number of likely N-dealkylation sites (tertiary alicyclic amines) is 1. The minimum Gasteiger partial charge on any atom is -0.434 e. The summed E-state index contributed by atoms with van der Waals surface area (Å²) in [5.74, 6) is 0.949. The number of ether oxygens (including phenoxy) is 1. The number of guanidine groups is 1. The van der Waals surface area contributed by atoms with E-state index in [1.165, 1.54) is 6.07 Å². The van der Waals surface area contributed by atoms with Crippen LogP contribution in [0.25, 0.3) is 0 Å². The van der Waals surface area contributed by atoms with E-state index in [1.54, 1.807) is 18.2 Å². The number of carbonyl (C=O) groups excluding carboxylic acids is 1. The molecule has 8 heteroatoms. The lowest BCUT2D eigenvalue weighted by atomic mass is 10.1. The third kappa shape index (κ3) is 6.94. The Balaban J connectivity index is 1.57. The van der Waals surface area contributed by atoms with Crippen molar-refractivity contribution in [2.24, 2.45) is 4.99 Å². The lowest BCUT2D eigenvalue weighted by molar-refractivity contribution is -0.128. The van der Waals surface area contributed by atoms with Crippen molar-refractivity contribution in [3.63, 3.8) is 0 Å². The number of nitrogens with one attached hydrogen (secondary N) is 2.